The highest BCUT2D eigenvalue weighted by Crippen LogP contribution is 2.45. The average Bonchev–Trinajstić information content (AvgIpc) is 3.11. The van der Waals surface area contributed by atoms with E-state index in [1.54, 1.807) is 17.8 Å². The number of nitrogens with zero attached hydrogens (tertiary/aromatic N) is 3. The lowest BCUT2D eigenvalue weighted by Crippen LogP contribution is -2.37. The Morgan fingerprint density at radius 2 is 2.27 bits per heavy atom. The lowest BCUT2D eigenvalue weighted by molar-refractivity contribution is 0.239. The van der Waals surface area contributed by atoms with Crippen molar-refractivity contribution in [2.24, 2.45) is 7.05 Å². The maximum Gasteiger partial charge on any atom is 0.315 e. The number of aromatic nitrogens is 3. The second kappa shape index (κ2) is 6.14. The van der Waals surface area contributed by atoms with E-state index in [1.807, 2.05) is 12.1 Å². The molecule has 0 saturated heterocycles. The van der Waals surface area contributed by atoms with Crippen molar-refractivity contribution in [3.63, 3.8) is 0 Å². The van der Waals surface area contributed by atoms with E-state index < -0.39 is 0 Å². The van der Waals surface area contributed by atoms with Gasteiger partial charge < -0.3 is 10.6 Å². The molecular weight excluding hydrogens is 325 g/mol. The third-order valence-corrected chi connectivity index (χ3v) is 4.53. The Morgan fingerprint density at radius 1 is 1.45 bits per heavy atom. The molecule has 8 heteroatoms. The van der Waals surface area contributed by atoms with E-state index in [9.17, 15) is 4.79 Å². The Morgan fingerprint density at radius 3 is 3.00 bits per heavy atom. The molecule has 1 aromatic carbocycles. The van der Waals surface area contributed by atoms with Gasteiger partial charge in [0, 0.05) is 19.0 Å². The second-order valence-electron chi connectivity index (χ2n) is 5.22. The fraction of sp³-hybridized carbons (Fsp3) is 0.357. The molecule has 2 aromatic rings. The number of benzene rings is 1. The summed E-state index contributed by atoms with van der Waals surface area (Å²) in [5.74, 6) is 0.909. The lowest BCUT2D eigenvalue weighted by Gasteiger charge is -2.08. The summed E-state index contributed by atoms with van der Waals surface area (Å²) in [6, 6.07) is 5.42. The standard InChI is InChI=1S/C14H15Cl2N5O/c1-21-12(18-7-19-21)6-17-14(22)20-11-5-9(11)8-3-2-4-10(15)13(8)16/h2-4,7,9,11H,5-6H2,1H3,(H2,17,20,22)/t9-,11-/m0/s1. The molecule has 1 aliphatic rings. The smallest absolute Gasteiger partial charge is 0.315 e. The predicted octanol–water partition coefficient (Wildman–Crippen LogP) is 2.48. The molecule has 1 aliphatic carbocycles. The van der Waals surface area contributed by atoms with E-state index in [4.69, 9.17) is 23.2 Å². The minimum Gasteiger partial charge on any atom is -0.335 e. The first-order valence-electron chi connectivity index (χ1n) is 6.87. The molecule has 0 aliphatic heterocycles. The van der Waals surface area contributed by atoms with Crippen LogP contribution in [0.25, 0.3) is 0 Å². The molecule has 6 nitrogen and oxygen atoms in total. The van der Waals surface area contributed by atoms with Crippen molar-refractivity contribution in [2.75, 3.05) is 0 Å². The van der Waals surface area contributed by atoms with Crippen molar-refractivity contribution in [3.05, 3.63) is 46.0 Å². The van der Waals surface area contributed by atoms with Gasteiger partial charge in [0.15, 0.2) is 0 Å². The van der Waals surface area contributed by atoms with Crippen molar-refractivity contribution >= 4 is 29.2 Å². The minimum atomic E-state index is -0.228. The lowest BCUT2D eigenvalue weighted by atomic mass is 10.1. The summed E-state index contributed by atoms with van der Waals surface area (Å²) in [6.45, 7) is 0.331. The largest absolute Gasteiger partial charge is 0.335 e. The van der Waals surface area contributed by atoms with Gasteiger partial charge in [0.05, 0.1) is 16.6 Å². The van der Waals surface area contributed by atoms with Crippen LogP contribution < -0.4 is 10.6 Å². The van der Waals surface area contributed by atoms with Crippen molar-refractivity contribution in [1.82, 2.24) is 25.4 Å². The monoisotopic (exact) mass is 339 g/mol. The van der Waals surface area contributed by atoms with Crippen LogP contribution in [0.5, 0.6) is 0 Å². The first-order chi connectivity index (χ1) is 10.6. The van der Waals surface area contributed by atoms with Crippen molar-refractivity contribution < 1.29 is 4.79 Å². The number of amides is 2. The molecule has 1 saturated carbocycles. The van der Waals surface area contributed by atoms with Gasteiger partial charge in [-0.15, -0.1) is 0 Å². The maximum absolute atomic E-state index is 11.9. The van der Waals surface area contributed by atoms with E-state index in [2.05, 4.69) is 20.7 Å². The number of nitrogens with one attached hydrogen (secondary N) is 2. The topological polar surface area (TPSA) is 71.8 Å². The van der Waals surface area contributed by atoms with Crippen LogP contribution in [0.1, 0.15) is 23.7 Å². The van der Waals surface area contributed by atoms with Crippen LogP contribution in [-0.2, 0) is 13.6 Å². The zero-order valence-electron chi connectivity index (χ0n) is 11.9. The third kappa shape index (κ3) is 3.18. The molecule has 1 fully saturated rings. The zero-order chi connectivity index (χ0) is 15.7. The number of urea groups is 1. The molecule has 3 rings (SSSR count). The van der Waals surface area contributed by atoms with Crippen LogP contribution in [0.15, 0.2) is 24.5 Å². The number of hydrogen-bond donors (Lipinski definition) is 2. The predicted molar refractivity (Wildman–Crippen MR) is 84.0 cm³/mol. The van der Waals surface area contributed by atoms with Crippen LogP contribution >= 0.6 is 23.2 Å². The highest BCUT2D eigenvalue weighted by molar-refractivity contribution is 6.42. The molecule has 0 spiro atoms. The Bertz CT molecular complexity index is 702. The van der Waals surface area contributed by atoms with Crippen LogP contribution in [-0.4, -0.2) is 26.8 Å². The van der Waals surface area contributed by atoms with Gasteiger partial charge in [0.25, 0.3) is 0 Å². The summed E-state index contributed by atoms with van der Waals surface area (Å²) in [5, 5.41) is 10.7. The van der Waals surface area contributed by atoms with Gasteiger partial charge in [-0.1, -0.05) is 35.3 Å². The molecule has 2 amide bonds. The average molecular weight is 340 g/mol. The van der Waals surface area contributed by atoms with E-state index in [-0.39, 0.29) is 18.0 Å². The molecule has 1 heterocycles. The fourth-order valence-electron chi connectivity index (χ4n) is 2.36. The van der Waals surface area contributed by atoms with Gasteiger partial charge in [-0.3, -0.25) is 4.68 Å². The molecular formula is C14H15Cl2N5O. The molecule has 0 radical (unpaired) electrons. The zero-order valence-corrected chi connectivity index (χ0v) is 13.4. The Hall–Kier alpha value is -1.79. The first-order valence-corrected chi connectivity index (χ1v) is 7.63. The van der Waals surface area contributed by atoms with E-state index in [0.29, 0.717) is 22.4 Å². The van der Waals surface area contributed by atoms with Crippen LogP contribution in [0, 0.1) is 0 Å². The Kier molecular flexibility index (Phi) is 4.22. The summed E-state index contributed by atoms with van der Waals surface area (Å²) < 4.78 is 1.62. The molecule has 2 N–H and O–H groups in total. The minimum absolute atomic E-state index is 0.0791. The first kappa shape index (κ1) is 15.1. The normalized spacial score (nSPS) is 19.8. The van der Waals surface area contributed by atoms with Crippen LogP contribution in [0.4, 0.5) is 4.79 Å². The van der Waals surface area contributed by atoms with Crippen molar-refractivity contribution in [3.8, 4) is 0 Å². The van der Waals surface area contributed by atoms with Crippen molar-refractivity contribution in [2.45, 2.75) is 24.9 Å². The Balaban J connectivity index is 1.52. The third-order valence-electron chi connectivity index (χ3n) is 3.70. The number of halogens is 2. The number of carbonyl (C=O) groups excluding carboxylic acids is 1. The van der Waals surface area contributed by atoms with Gasteiger partial charge in [-0.25, -0.2) is 9.78 Å². The maximum atomic E-state index is 11.9. The molecule has 0 bridgehead atoms. The number of hydrogen-bond acceptors (Lipinski definition) is 3. The number of carbonyl (C=O) groups is 1. The van der Waals surface area contributed by atoms with Gasteiger partial charge in [-0.05, 0) is 18.1 Å². The quantitative estimate of drug-likeness (QED) is 0.898. The second-order valence-corrected chi connectivity index (χ2v) is 6.00. The number of aryl methyl sites for hydroxylation is 1. The van der Waals surface area contributed by atoms with Gasteiger partial charge in [0.1, 0.15) is 12.2 Å². The SMILES string of the molecule is Cn1ncnc1CNC(=O)N[C@H]1C[C@H]1c1cccc(Cl)c1Cl. The summed E-state index contributed by atoms with van der Waals surface area (Å²) in [4.78, 5) is 15.9. The molecule has 0 unspecified atom stereocenters. The van der Waals surface area contributed by atoms with Crippen LogP contribution in [0.2, 0.25) is 10.0 Å². The van der Waals surface area contributed by atoms with Gasteiger partial charge >= 0.3 is 6.03 Å². The number of rotatable bonds is 4. The molecule has 22 heavy (non-hydrogen) atoms. The summed E-state index contributed by atoms with van der Waals surface area (Å²) in [7, 11) is 1.78. The van der Waals surface area contributed by atoms with E-state index >= 15 is 0 Å². The van der Waals surface area contributed by atoms with E-state index in [1.165, 1.54) is 6.33 Å². The van der Waals surface area contributed by atoms with Gasteiger partial charge in [0.2, 0.25) is 0 Å². The summed E-state index contributed by atoms with van der Waals surface area (Å²) in [6.07, 6.45) is 2.31. The fourth-order valence-corrected chi connectivity index (χ4v) is 2.81. The van der Waals surface area contributed by atoms with E-state index in [0.717, 1.165) is 12.0 Å². The molecule has 1 aromatic heterocycles. The molecule has 2 atom stereocenters. The molecule has 116 valence electrons. The summed E-state index contributed by atoms with van der Waals surface area (Å²) in [5.41, 5.74) is 0.979. The van der Waals surface area contributed by atoms with Crippen LogP contribution in [0.3, 0.4) is 0 Å². The van der Waals surface area contributed by atoms with Gasteiger partial charge in [-0.2, -0.15) is 5.10 Å². The highest BCUT2D eigenvalue weighted by atomic mass is 35.5. The summed E-state index contributed by atoms with van der Waals surface area (Å²) >= 11 is 12.2. The van der Waals surface area contributed by atoms with Crippen molar-refractivity contribution in [1.29, 1.82) is 0 Å². The highest BCUT2D eigenvalue weighted by Gasteiger charge is 2.40. The Labute approximate surface area is 137 Å².